The van der Waals surface area contributed by atoms with Gasteiger partial charge in [0.1, 0.15) is 48.3 Å². The Balaban J connectivity index is 1.60. The topological polar surface area (TPSA) is 170 Å². The number of carbonyl (C=O) groups excluding carboxylic acids is 3. The molecule has 2 fully saturated rings. The summed E-state index contributed by atoms with van der Waals surface area (Å²) in [6, 6.07) is -0.964. The van der Waals surface area contributed by atoms with E-state index < -0.39 is 35.3 Å². The number of likely N-dealkylation sites (N-methyl/N-ethyl adjacent to an activating group) is 1. The number of likely N-dealkylation sites (tertiary alicyclic amines) is 1. The predicted octanol–water partition coefficient (Wildman–Crippen LogP) is -1.96. The molecule has 2 saturated heterocycles. The van der Waals surface area contributed by atoms with E-state index in [1.807, 2.05) is 14.0 Å². The molecule has 0 bridgehead atoms. The Labute approximate surface area is 197 Å². The summed E-state index contributed by atoms with van der Waals surface area (Å²) in [5.41, 5.74) is 6.04. The number of thiazole rings is 1. The first-order valence-electron chi connectivity index (χ1n) is 10.2. The number of nitrogen functional groups attached to an aromatic ring is 1. The largest absolute Gasteiger partial charge is 0.543 e. The molecule has 3 aliphatic heterocycles. The molecular weight excluding hydrogens is 472 g/mol. The minimum Gasteiger partial charge on any atom is -0.543 e. The maximum absolute atomic E-state index is 13.0. The molecule has 1 aromatic heterocycles. The molecule has 1 aromatic rings. The Bertz CT molecular complexity index is 1070. The van der Waals surface area contributed by atoms with Gasteiger partial charge >= 0.3 is 0 Å². The number of rotatable bonds is 6. The summed E-state index contributed by atoms with van der Waals surface area (Å²) >= 11 is 2.49. The number of quaternary nitrogens is 1. The molecule has 178 valence electrons. The van der Waals surface area contributed by atoms with Gasteiger partial charge in [-0.05, 0) is 6.92 Å². The summed E-state index contributed by atoms with van der Waals surface area (Å²) < 4.78 is 0.224. The Morgan fingerprint density at radius 3 is 2.76 bits per heavy atom. The van der Waals surface area contributed by atoms with Crippen molar-refractivity contribution in [1.29, 1.82) is 0 Å². The highest BCUT2D eigenvalue weighted by molar-refractivity contribution is 8.00. The van der Waals surface area contributed by atoms with Gasteiger partial charge in [-0.25, -0.2) is 4.98 Å². The average Bonchev–Trinajstić information content (AvgIpc) is 3.33. The van der Waals surface area contributed by atoms with Crippen LogP contribution in [-0.4, -0.2) is 93.0 Å². The molecule has 0 aromatic carbocycles. The van der Waals surface area contributed by atoms with Crippen LogP contribution >= 0.6 is 23.1 Å². The molecule has 4 unspecified atom stereocenters. The predicted molar refractivity (Wildman–Crippen MR) is 118 cm³/mol. The number of nitrogens with two attached hydrogens (primary N) is 1. The van der Waals surface area contributed by atoms with Gasteiger partial charge in [0, 0.05) is 11.8 Å². The van der Waals surface area contributed by atoms with Crippen LogP contribution in [0.25, 0.3) is 0 Å². The number of aromatic nitrogens is 1. The lowest BCUT2D eigenvalue weighted by molar-refractivity contribution is -0.863. The van der Waals surface area contributed by atoms with Crippen LogP contribution in [0.3, 0.4) is 0 Å². The van der Waals surface area contributed by atoms with Gasteiger partial charge in [-0.3, -0.25) is 19.0 Å². The standard InChI is InChI=1S/C19H24N6O6S2/c1-8-14(25(2)5-4-9(26)6-25)13(18(29)30)24-16(28)12(17(24)33-8)22-15(27)11(23-31-3)10-7-32-19(20)21-10/h7-9,12,17,26H,4-6H2,1-3H3,(H3-,20,21,22,27,29,30)/b23-11-/t8?,9?,12?,17-,25?/m1/s1. The molecule has 3 aliphatic rings. The molecule has 14 heteroatoms. The number of aliphatic carboxylic acids is 1. The van der Waals surface area contributed by atoms with Crippen molar-refractivity contribution in [2.45, 2.75) is 36.1 Å². The second-order valence-electron chi connectivity index (χ2n) is 8.29. The number of hydrogen-bond donors (Lipinski definition) is 3. The van der Waals surface area contributed by atoms with Crippen molar-refractivity contribution < 1.29 is 33.9 Å². The summed E-state index contributed by atoms with van der Waals surface area (Å²) in [6.45, 7) is 2.77. The van der Waals surface area contributed by atoms with Crippen LogP contribution in [0.4, 0.5) is 5.13 Å². The highest BCUT2D eigenvalue weighted by atomic mass is 32.2. The third kappa shape index (κ3) is 3.96. The normalized spacial score (nSPS) is 31.8. The van der Waals surface area contributed by atoms with Crippen LogP contribution in [-0.2, 0) is 19.2 Å². The van der Waals surface area contributed by atoms with Gasteiger partial charge in [-0.1, -0.05) is 5.16 Å². The monoisotopic (exact) mass is 496 g/mol. The van der Waals surface area contributed by atoms with Crippen molar-refractivity contribution in [3.8, 4) is 0 Å². The molecule has 12 nitrogen and oxygen atoms in total. The number of fused-ring (bicyclic) bond motifs is 1. The second-order valence-corrected chi connectivity index (χ2v) is 10.6. The maximum atomic E-state index is 13.0. The quantitative estimate of drug-likeness (QED) is 0.175. The molecule has 0 radical (unpaired) electrons. The van der Waals surface area contributed by atoms with Crippen molar-refractivity contribution in [1.82, 2.24) is 15.2 Å². The summed E-state index contributed by atoms with van der Waals surface area (Å²) in [4.78, 5) is 48.0. The van der Waals surface area contributed by atoms with Gasteiger partial charge in [0.15, 0.2) is 10.8 Å². The Kier molecular flexibility index (Phi) is 6.11. The lowest BCUT2D eigenvalue weighted by atomic mass is 10.0. The van der Waals surface area contributed by atoms with Gasteiger partial charge in [0.05, 0.1) is 24.8 Å². The van der Waals surface area contributed by atoms with E-state index in [1.54, 1.807) is 0 Å². The number of nitrogens with one attached hydrogen (secondary N) is 1. The number of aliphatic hydroxyl groups is 1. The third-order valence-corrected chi connectivity index (χ3v) is 8.12. The fourth-order valence-electron chi connectivity index (χ4n) is 4.66. The minimum absolute atomic E-state index is 0.147. The van der Waals surface area contributed by atoms with Crippen molar-refractivity contribution in [3.63, 3.8) is 0 Å². The SMILES string of the molecule is CO/N=C(\C(=O)NC1C(=O)N2C(C(=O)[O-])=C([N+]3(C)CCC(O)C3)C(C)S[C@H]12)c1csc(N)n1. The van der Waals surface area contributed by atoms with Gasteiger partial charge in [-0.15, -0.1) is 23.1 Å². The molecule has 2 amide bonds. The van der Waals surface area contributed by atoms with Crippen molar-refractivity contribution >= 4 is 51.7 Å². The van der Waals surface area contributed by atoms with E-state index in [0.717, 1.165) is 11.3 Å². The van der Waals surface area contributed by atoms with Crippen LogP contribution in [0.5, 0.6) is 0 Å². The molecule has 5 atom stereocenters. The summed E-state index contributed by atoms with van der Waals surface area (Å²) in [5.74, 6) is -2.72. The van der Waals surface area contributed by atoms with Gasteiger partial charge in [0.2, 0.25) is 0 Å². The van der Waals surface area contributed by atoms with Crippen LogP contribution in [0, 0.1) is 0 Å². The summed E-state index contributed by atoms with van der Waals surface area (Å²) in [6.07, 6.45) is -0.00549. The van der Waals surface area contributed by atoms with E-state index in [2.05, 4.69) is 15.5 Å². The fraction of sp³-hybridized carbons (Fsp3) is 0.526. The number of anilines is 1. The smallest absolute Gasteiger partial charge is 0.276 e. The summed E-state index contributed by atoms with van der Waals surface area (Å²) in [5, 5.41) is 29.4. The fourth-order valence-corrected chi connectivity index (χ4v) is 6.80. The number of β-lactam (4-membered cyclic amide) rings is 1. The number of carboxylic acids is 1. The number of thioether (sulfide) groups is 1. The number of oxime groups is 1. The highest BCUT2D eigenvalue weighted by Gasteiger charge is 2.58. The Morgan fingerprint density at radius 2 is 2.21 bits per heavy atom. The van der Waals surface area contributed by atoms with Gasteiger partial charge in [0.25, 0.3) is 11.8 Å². The van der Waals surface area contributed by atoms with E-state index in [-0.39, 0.29) is 32.0 Å². The Morgan fingerprint density at radius 1 is 1.48 bits per heavy atom. The zero-order valence-electron chi connectivity index (χ0n) is 18.2. The first-order chi connectivity index (χ1) is 15.6. The van der Waals surface area contributed by atoms with Crippen molar-refractivity contribution in [2.75, 3.05) is 33.0 Å². The second kappa shape index (κ2) is 8.59. The van der Waals surface area contributed by atoms with Gasteiger partial charge in [-0.2, -0.15) is 0 Å². The minimum atomic E-state index is -1.46. The Hall–Kier alpha value is -2.68. The molecule has 0 saturated carbocycles. The summed E-state index contributed by atoms with van der Waals surface area (Å²) in [7, 11) is 3.12. The van der Waals surface area contributed by atoms with Crippen molar-refractivity contribution in [2.24, 2.45) is 5.16 Å². The molecule has 0 spiro atoms. The van der Waals surface area contributed by atoms with E-state index in [0.29, 0.717) is 25.2 Å². The molecule has 4 heterocycles. The van der Waals surface area contributed by atoms with E-state index in [1.165, 1.54) is 29.2 Å². The zero-order chi connectivity index (χ0) is 24.1. The van der Waals surface area contributed by atoms with E-state index >= 15 is 0 Å². The molecule has 0 aliphatic carbocycles. The molecule has 4 N–H and O–H groups in total. The van der Waals surface area contributed by atoms with Crippen LogP contribution in [0.2, 0.25) is 0 Å². The zero-order valence-corrected chi connectivity index (χ0v) is 19.8. The third-order valence-electron chi connectivity index (χ3n) is 6.05. The first-order valence-corrected chi connectivity index (χ1v) is 12.0. The number of carbonyl (C=O) groups is 3. The van der Waals surface area contributed by atoms with Gasteiger partial charge < -0.3 is 30.9 Å². The van der Waals surface area contributed by atoms with Crippen LogP contribution in [0.1, 0.15) is 19.0 Å². The van der Waals surface area contributed by atoms with Crippen LogP contribution in [0.15, 0.2) is 21.9 Å². The molecular formula is C19H24N6O6S2. The first kappa shape index (κ1) is 23.5. The van der Waals surface area contributed by atoms with Crippen LogP contribution < -0.4 is 16.2 Å². The highest BCUT2D eigenvalue weighted by Crippen LogP contribution is 2.47. The van der Waals surface area contributed by atoms with E-state index in [9.17, 15) is 24.6 Å². The molecule has 33 heavy (non-hydrogen) atoms. The number of hydrogen-bond acceptors (Lipinski definition) is 11. The van der Waals surface area contributed by atoms with E-state index in [4.69, 9.17) is 10.6 Å². The number of amides is 2. The van der Waals surface area contributed by atoms with Crippen molar-refractivity contribution in [3.05, 3.63) is 22.5 Å². The maximum Gasteiger partial charge on any atom is 0.276 e. The average molecular weight is 497 g/mol. The molecule has 4 rings (SSSR count). The number of nitrogens with zero attached hydrogens (tertiary/aromatic N) is 4. The lowest BCUT2D eigenvalue weighted by Crippen LogP contribution is -2.73. The lowest BCUT2D eigenvalue weighted by Gasteiger charge is -2.53. The number of carboxylic acid groups (broad SMARTS) is 1. The number of aliphatic hydroxyl groups excluding tert-OH is 1.